The molecule has 1 saturated heterocycles. The van der Waals surface area contributed by atoms with Gasteiger partial charge in [0, 0.05) is 19.1 Å². The van der Waals surface area contributed by atoms with E-state index in [1.54, 1.807) is 12.1 Å². The number of aryl methyl sites for hydroxylation is 2. The first-order chi connectivity index (χ1) is 14.3. The molecular weight excluding hydrogens is 383 g/mol. The Balaban J connectivity index is 1.43. The number of rotatable bonds is 6. The molecule has 5 nitrogen and oxygen atoms in total. The molecule has 0 spiro atoms. The summed E-state index contributed by atoms with van der Waals surface area (Å²) in [7, 11) is 0. The molecule has 1 fully saturated rings. The normalized spacial score (nSPS) is 14.5. The number of nitrogens with one attached hydrogen (secondary N) is 1. The Morgan fingerprint density at radius 3 is 2.53 bits per heavy atom. The lowest BCUT2D eigenvalue weighted by Gasteiger charge is -2.32. The molecule has 30 heavy (non-hydrogen) atoms. The van der Waals surface area contributed by atoms with Gasteiger partial charge in [0.1, 0.15) is 11.6 Å². The van der Waals surface area contributed by atoms with Gasteiger partial charge in [-0.05, 0) is 68.5 Å². The highest BCUT2D eigenvalue weighted by Gasteiger charge is 2.24. The highest BCUT2D eigenvalue weighted by atomic mass is 19.1. The van der Waals surface area contributed by atoms with Crippen LogP contribution in [0, 0.1) is 26.6 Å². The standard InChI is InChI=1S/C24H29FN2O3/c1-16-14-17(2)18(3)22(15-16)30-13-10-23(28)27-11-8-19(9-12-27)26-24(29)20-6-4-5-7-21(20)25/h4-7,14-15,19H,8-13H2,1-3H3,(H,26,29). The second kappa shape index (κ2) is 9.74. The Bertz CT molecular complexity index is 921. The van der Waals surface area contributed by atoms with Crippen LogP contribution in [0.2, 0.25) is 0 Å². The summed E-state index contributed by atoms with van der Waals surface area (Å²) in [5.41, 5.74) is 3.46. The van der Waals surface area contributed by atoms with Crippen molar-refractivity contribution in [1.29, 1.82) is 0 Å². The van der Waals surface area contributed by atoms with Crippen molar-refractivity contribution in [2.24, 2.45) is 0 Å². The number of nitrogens with zero attached hydrogens (tertiary/aromatic N) is 1. The highest BCUT2D eigenvalue weighted by Crippen LogP contribution is 2.23. The average Bonchev–Trinajstić information content (AvgIpc) is 2.72. The Hall–Kier alpha value is -2.89. The maximum atomic E-state index is 13.7. The summed E-state index contributed by atoms with van der Waals surface area (Å²) in [6.45, 7) is 7.58. The Kier molecular flexibility index (Phi) is 7.08. The molecule has 0 aromatic heterocycles. The number of piperidine rings is 1. The number of halogens is 1. The number of carbonyl (C=O) groups is 2. The zero-order valence-corrected chi connectivity index (χ0v) is 17.8. The van der Waals surface area contributed by atoms with E-state index in [1.165, 1.54) is 17.7 Å². The number of hydrogen-bond acceptors (Lipinski definition) is 3. The van der Waals surface area contributed by atoms with Crippen LogP contribution < -0.4 is 10.1 Å². The maximum Gasteiger partial charge on any atom is 0.254 e. The first-order valence-corrected chi connectivity index (χ1v) is 10.4. The van der Waals surface area contributed by atoms with E-state index in [1.807, 2.05) is 24.8 Å². The summed E-state index contributed by atoms with van der Waals surface area (Å²) in [4.78, 5) is 26.6. The minimum atomic E-state index is -0.526. The molecule has 1 heterocycles. The molecular formula is C24H29FN2O3. The van der Waals surface area contributed by atoms with Crippen LogP contribution in [0.4, 0.5) is 4.39 Å². The van der Waals surface area contributed by atoms with Crippen molar-refractivity contribution in [3.8, 4) is 5.75 Å². The van der Waals surface area contributed by atoms with Crippen molar-refractivity contribution < 1.29 is 18.7 Å². The molecule has 1 N–H and O–H groups in total. The molecule has 0 aliphatic carbocycles. The fourth-order valence-electron chi connectivity index (χ4n) is 3.74. The van der Waals surface area contributed by atoms with Gasteiger partial charge in [-0.1, -0.05) is 18.2 Å². The van der Waals surface area contributed by atoms with Crippen LogP contribution in [0.1, 0.15) is 46.3 Å². The van der Waals surface area contributed by atoms with Crippen molar-refractivity contribution in [3.05, 3.63) is 64.5 Å². The molecule has 1 aliphatic rings. The van der Waals surface area contributed by atoms with Gasteiger partial charge in [-0.3, -0.25) is 9.59 Å². The SMILES string of the molecule is Cc1cc(C)c(C)c(OCCC(=O)N2CCC(NC(=O)c3ccccc3F)CC2)c1. The molecule has 0 radical (unpaired) electrons. The third-order valence-electron chi connectivity index (χ3n) is 5.64. The molecule has 160 valence electrons. The predicted molar refractivity (Wildman–Crippen MR) is 114 cm³/mol. The molecule has 2 aromatic rings. The molecule has 0 unspecified atom stereocenters. The number of ether oxygens (including phenoxy) is 1. The van der Waals surface area contributed by atoms with Crippen molar-refractivity contribution in [1.82, 2.24) is 10.2 Å². The second-order valence-electron chi connectivity index (χ2n) is 7.91. The van der Waals surface area contributed by atoms with Gasteiger partial charge in [0.2, 0.25) is 5.91 Å². The van der Waals surface area contributed by atoms with Crippen LogP contribution in [0.15, 0.2) is 36.4 Å². The third-order valence-corrected chi connectivity index (χ3v) is 5.64. The minimum Gasteiger partial charge on any atom is -0.493 e. The van der Waals surface area contributed by atoms with Gasteiger partial charge < -0.3 is 15.0 Å². The lowest BCUT2D eigenvalue weighted by atomic mass is 10.0. The summed E-state index contributed by atoms with van der Waals surface area (Å²) in [6.07, 6.45) is 1.63. The van der Waals surface area contributed by atoms with Crippen LogP contribution in [-0.4, -0.2) is 42.5 Å². The average molecular weight is 413 g/mol. The lowest BCUT2D eigenvalue weighted by Crippen LogP contribution is -2.46. The number of hydrogen-bond donors (Lipinski definition) is 1. The largest absolute Gasteiger partial charge is 0.493 e. The van der Waals surface area contributed by atoms with Crippen LogP contribution in [-0.2, 0) is 4.79 Å². The van der Waals surface area contributed by atoms with E-state index >= 15 is 0 Å². The Morgan fingerprint density at radius 1 is 1.13 bits per heavy atom. The van der Waals surface area contributed by atoms with Gasteiger partial charge in [-0.15, -0.1) is 0 Å². The molecule has 1 aliphatic heterocycles. The van der Waals surface area contributed by atoms with Gasteiger partial charge in [0.25, 0.3) is 5.91 Å². The van der Waals surface area contributed by atoms with E-state index in [-0.39, 0.29) is 17.5 Å². The number of carbonyl (C=O) groups excluding carboxylic acids is 2. The highest BCUT2D eigenvalue weighted by molar-refractivity contribution is 5.94. The second-order valence-corrected chi connectivity index (χ2v) is 7.91. The van der Waals surface area contributed by atoms with E-state index in [0.29, 0.717) is 39.0 Å². The maximum absolute atomic E-state index is 13.7. The first kappa shape index (κ1) is 21.8. The summed E-state index contributed by atoms with van der Waals surface area (Å²) >= 11 is 0. The van der Waals surface area contributed by atoms with Gasteiger partial charge in [-0.25, -0.2) is 4.39 Å². The van der Waals surface area contributed by atoms with Crippen LogP contribution in [0.25, 0.3) is 0 Å². The monoisotopic (exact) mass is 412 g/mol. The Morgan fingerprint density at radius 2 is 1.83 bits per heavy atom. The van der Waals surface area contributed by atoms with Gasteiger partial charge in [0.15, 0.2) is 0 Å². The van der Waals surface area contributed by atoms with Crippen molar-refractivity contribution in [3.63, 3.8) is 0 Å². The smallest absolute Gasteiger partial charge is 0.254 e. The van der Waals surface area contributed by atoms with Gasteiger partial charge >= 0.3 is 0 Å². The molecule has 3 rings (SSSR count). The first-order valence-electron chi connectivity index (χ1n) is 10.4. The number of likely N-dealkylation sites (tertiary alicyclic amines) is 1. The van der Waals surface area contributed by atoms with Crippen molar-refractivity contribution >= 4 is 11.8 Å². The number of benzene rings is 2. The molecule has 2 aromatic carbocycles. The topological polar surface area (TPSA) is 58.6 Å². The third kappa shape index (κ3) is 5.38. The lowest BCUT2D eigenvalue weighted by molar-refractivity contribution is -0.132. The molecule has 2 amide bonds. The zero-order chi connectivity index (χ0) is 21.7. The Labute approximate surface area is 177 Å². The molecule has 0 atom stereocenters. The van der Waals surface area contributed by atoms with E-state index in [9.17, 15) is 14.0 Å². The minimum absolute atomic E-state index is 0.0508. The number of amides is 2. The summed E-state index contributed by atoms with van der Waals surface area (Å²) in [5.74, 6) is -0.0532. The van der Waals surface area contributed by atoms with Crippen LogP contribution in [0.3, 0.4) is 0 Å². The van der Waals surface area contributed by atoms with Crippen LogP contribution >= 0.6 is 0 Å². The fraction of sp³-hybridized carbons (Fsp3) is 0.417. The van der Waals surface area contributed by atoms with Gasteiger partial charge in [0.05, 0.1) is 18.6 Å². The fourth-order valence-corrected chi connectivity index (χ4v) is 3.74. The van der Waals surface area contributed by atoms with Crippen molar-refractivity contribution in [2.75, 3.05) is 19.7 Å². The van der Waals surface area contributed by atoms with Crippen LogP contribution in [0.5, 0.6) is 5.75 Å². The molecule has 0 saturated carbocycles. The molecule has 6 heteroatoms. The molecule has 0 bridgehead atoms. The van der Waals surface area contributed by atoms with Crippen molar-refractivity contribution in [2.45, 2.75) is 46.1 Å². The van der Waals surface area contributed by atoms with E-state index in [0.717, 1.165) is 16.9 Å². The van der Waals surface area contributed by atoms with E-state index < -0.39 is 11.7 Å². The summed E-state index contributed by atoms with van der Waals surface area (Å²) in [6, 6.07) is 10.00. The zero-order valence-electron chi connectivity index (χ0n) is 17.8. The predicted octanol–water partition coefficient (Wildman–Crippen LogP) is 3.94. The summed E-state index contributed by atoms with van der Waals surface area (Å²) in [5, 5.41) is 2.88. The van der Waals surface area contributed by atoms with E-state index in [2.05, 4.69) is 18.3 Å². The summed E-state index contributed by atoms with van der Waals surface area (Å²) < 4.78 is 19.6. The van der Waals surface area contributed by atoms with E-state index in [4.69, 9.17) is 4.74 Å². The quantitative estimate of drug-likeness (QED) is 0.782. The van der Waals surface area contributed by atoms with Gasteiger partial charge in [-0.2, -0.15) is 0 Å².